The minimum absolute atomic E-state index is 0.0768. The van der Waals surface area contributed by atoms with Crippen molar-refractivity contribution in [2.24, 2.45) is 5.92 Å². The number of benzene rings is 2. The van der Waals surface area contributed by atoms with Crippen molar-refractivity contribution in [3.63, 3.8) is 0 Å². The Morgan fingerprint density at radius 1 is 0.971 bits per heavy atom. The van der Waals surface area contributed by atoms with Gasteiger partial charge >= 0.3 is 0 Å². The van der Waals surface area contributed by atoms with E-state index in [4.69, 9.17) is 9.47 Å². The highest BCUT2D eigenvalue weighted by molar-refractivity contribution is 5.98. The van der Waals surface area contributed by atoms with E-state index < -0.39 is 6.04 Å². The van der Waals surface area contributed by atoms with Crippen molar-refractivity contribution in [1.82, 2.24) is 15.1 Å². The van der Waals surface area contributed by atoms with Gasteiger partial charge in [0.1, 0.15) is 17.5 Å². The Hall–Kier alpha value is -3.55. The summed E-state index contributed by atoms with van der Waals surface area (Å²) in [5.41, 5.74) is 0.990. The molecule has 0 unspecified atom stereocenters. The highest BCUT2D eigenvalue weighted by Gasteiger charge is 2.36. The molecule has 1 N–H and O–H groups in total. The number of likely N-dealkylation sites (N-methyl/N-ethyl adjacent to an activating group) is 1. The zero-order valence-electron chi connectivity index (χ0n) is 21.0. The van der Waals surface area contributed by atoms with Crippen LogP contribution in [0.4, 0.5) is 0 Å². The predicted octanol–water partition coefficient (Wildman–Crippen LogP) is 3.22. The summed E-state index contributed by atoms with van der Waals surface area (Å²) in [6, 6.07) is 13.3. The quantitative estimate of drug-likeness (QED) is 0.594. The number of hydrogen-bond donors (Lipinski definition) is 1. The number of likely N-dealkylation sites (tertiary alicyclic amines) is 1. The number of nitrogens with one attached hydrogen (secondary N) is 1. The van der Waals surface area contributed by atoms with Crippen LogP contribution in [-0.4, -0.2) is 74.0 Å². The lowest BCUT2D eigenvalue weighted by molar-refractivity contribution is -0.134. The molecule has 3 amide bonds. The summed E-state index contributed by atoms with van der Waals surface area (Å²) in [6.45, 7) is 5.99. The second-order valence-corrected chi connectivity index (χ2v) is 8.52. The van der Waals surface area contributed by atoms with E-state index in [-0.39, 0.29) is 23.6 Å². The van der Waals surface area contributed by atoms with E-state index in [0.29, 0.717) is 61.6 Å². The van der Waals surface area contributed by atoms with E-state index in [1.165, 1.54) is 0 Å². The summed E-state index contributed by atoms with van der Waals surface area (Å²) in [6.07, 6.45) is 1.23. The molecule has 188 valence electrons. The zero-order valence-corrected chi connectivity index (χ0v) is 21.0. The molecule has 1 aliphatic rings. The van der Waals surface area contributed by atoms with Gasteiger partial charge in [-0.2, -0.15) is 0 Å². The van der Waals surface area contributed by atoms with E-state index >= 15 is 0 Å². The second-order valence-electron chi connectivity index (χ2n) is 8.52. The average Bonchev–Trinajstić information content (AvgIpc) is 2.91. The lowest BCUT2D eigenvalue weighted by atomic mass is 9.87. The standard InChI is InChI=1S/C27H35N3O5/c1-5-29(6-2)27(33)24(28-25(31)20-11-13-21(34-3)14-12-20)19-15-17-30(18-16-19)26(32)22-9-7-8-10-23(22)35-4/h7-14,19,24H,5-6,15-18H2,1-4H3,(H,28,31)/t24-/m0/s1. The lowest BCUT2D eigenvalue weighted by Crippen LogP contribution is -2.54. The van der Waals surface area contributed by atoms with Crippen LogP contribution in [0.2, 0.25) is 0 Å². The van der Waals surface area contributed by atoms with Crippen LogP contribution in [0.3, 0.4) is 0 Å². The Morgan fingerprint density at radius 2 is 1.60 bits per heavy atom. The van der Waals surface area contributed by atoms with Crippen molar-refractivity contribution in [2.45, 2.75) is 32.7 Å². The van der Waals surface area contributed by atoms with Crippen molar-refractivity contribution in [2.75, 3.05) is 40.4 Å². The van der Waals surface area contributed by atoms with Gasteiger partial charge in [0.25, 0.3) is 11.8 Å². The number of carbonyl (C=O) groups is 3. The van der Waals surface area contributed by atoms with E-state index in [1.807, 2.05) is 26.0 Å². The summed E-state index contributed by atoms with van der Waals surface area (Å²) in [4.78, 5) is 43.0. The number of hydrogen-bond acceptors (Lipinski definition) is 5. The summed E-state index contributed by atoms with van der Waals surface area (Å²) < 4.78 is 10.5. The van der Waals surface area contributed by atoms with Crippen LogP contribution in [0.5, 0.6) is 11.5 Å². The first-order valence-electron chi connectivity index (χ1n) is 12.1. The highest BCUT2D eigenvalue weighted by atomic mass is 16.5. The molecule has 0 radical (unpaired) electrons. The van der Waals surface area contributed by atoms with Gasteiger partial charge < -0.3 is 24.6 Å². The summed E-state index contributed by atoms with van der Waals surface area (Å²) in [5.74, 6) is 0.643. The van der Waals surface area contributed by atoms with Gasteiger partial charge in [0, 0.05) is 31.7 Å². The smallest absolute Gasteiger partial charge is 0.257 e. The molecule has 2 aromatic carbocycles. The first kappa shape index (κ1) is 26.1. The Morgan fingerprint density at radius 3 is 2.17 bits per heavy atom. The monoisotopic (exact) mass is 481 g/mol. The number of ether oxygens (including phenoxy) is 2. The van der Waals surface area contributed by atoms with Gasteiger partial charge in [-0.3, -0.25) is 14.4 Å². The Bertz CT molecular complexity index is 1010. The SMILES string of the molecule is CCN(CC)C(=O)[C@@H](NC(=O)c1ccc(OC)cc1)C1CCN(C(=O)c2ccccc2OC)CC1. The number of piperidine rings is 1. The molecular weight excluding hydrogens is 446 g/mol. The number of nitrogens with zero attached hydrogens (tertiary/aromatic N) is 2. The number of methoxy groups -OCH3 is 2. The highest BCUT2D eigenvalue weighted by Crippen LogP contribution is 2.26. The molecule has 8 nitrogen and oxygen atoms in total. The van der Waals surface area contributed by atoms with Gasteiger partial charge in [-0.25, -0.2) is 0 Å². The van der Waals surface area contributed by atoms with Crippen LogP contribution in [0.1, 0.15) is 47.4 Å². The topological polar surface area (TPSA) is 88.2 Å². The summed E-state index contributed by atoms with van der Waals surface area (Å²) >= 11 is 0. The Kier molecular flexibility index (Phi) is 9.11. The largest absolute Gasteiger partial charge is 0.497 e. The number of carbonyl (C=O) groups excluding carboxylic acids is 3. The number of rotatable bonds is 9. The maximum Gasteiger partial charge on any atom is 0.257 e. The molecule has 3 rings (SSSR count). The third-order valence-corrected chi connectivity index (χ3v) is 6.62. The molecule has 0 aromatic heterocycles. The van der Waals surface area contributed by atoms with Crippen LogP contribution in [-0.2, 0) is 4.79 Å². The van der Waals surface area contributed by atoms with Crippen LogP contribution in [0, 0.1) is 5.92 Å². The minimum atomic E-state index is -0.659. The first-order chi connectivity index (χ1) is 16.9. The van der Waals surface area contributed by atoms with E-state index in [2.05, 4.69) is 5.32 Å². The van der Waals surface area contributed by atoms with Crippen LogP contribution in [0.25, 0.3) is 0 Å². The maximum atomic E-state index is 13.4. The van der Waals surface area contributed by atoms with Gasteiger partial charge in [0.15, 0.2) is 0 Å². The van der Waals surface area contributed by atoms with Gasteiger partial charge in [-0.15, -0.1) is 0 Å². The number of para-hydroxylation sites is 1. The molecule has 1 atom stereocenters. The third-order valence-electron chi connectivity index (χ3n) is 6.62. The normalized spacial score (nSPS) is 14.7. The molecule has 1 heterocycles. The molecule has 8 heteroatoms. The summed E-state index contributed by atoms with van der Waals surface area (Å²) in [5, 5.41) is 2.99. The van der Waals surface area contributed by atoms with E-state index in [0.717, 1.165) is 0 Å². The van der Waals surface area contributed by atoms with E-state index in [1.54, 1.807) is 60.4 Å². The zero-order chi connectivity index (χ0) is 25.4. The fourth-order valence-electron chi connectivity index (χ4n) is 4.51. The third kappa shape index (κ3) is 6.12. The molecule has 0 bridgehead atoms. The second kappa shape index (κ2) is 12.2. The van der Waals surface area contributed by atoms with Crippen molar-refractivity contribution in [1.29, 1.82) is 0 Å². The predicted molar refractivity (Wildman–Crippen MR) is 134 cm³/mol. The summed E-state index contributed by atoms with van der Waals surface area (Å²) in [7, 11) is 3.12. The lowest BCUT2D eigenvalue weighted by Gasteiger charge is -2.37. The van der Waals surface area contributed by atoms with E-state index in [9.17, 15) is 14.4 Å². The van der Waals surface area contributed by atoms with Crippen molar-refractivity contribution < 1.29 is 23.9 Å². The Labute approximate surface area is 207 Å². The molecule has 35 heavy (non-hydrogen) atoms. The van der Waals surface area contributed by atoms with Crippen molar-refractivity contribution in [3.8, 4) is 11.5 Å². The molecule has 0 aliphatic carbocycles. The average molecular weight is 482 g/mol. The molecule has 1 aliphatic heterocycles. The molecular formula is C27H35N3O5. The van der Waals surface area contributed by atoms with Crippen molar-refractivity contribution in [3.05, 3.63) is 59.7 Å². The molecule has 2 aromatic rings. The van der Waals surface area contributed by atoms with Gasteiger partial charge in [-0.05, 0) is 69.0 Å². The Balaban J connectivity index is 1.74. The van der Waals surface area contributed by atoms with Crippen molar-refractivity contribution >= 4 is 17.7 Å². The number of amides is 3. The van der Waals surface area contributed by atoms with Gasteiger partial charge in [-0.1, -0.05) is 12.1 Å². The van der Waals surface area contributed by atoms with Gasteiger partial charge in [0.2, 0.25) is 5.91 Å². The molecule has 0 saturated carbocycles. The first-order valence-corrected chi connectivity index (χ1v) is 12.1. The minimum Gasteiger partial charge on any atom is -0.497 e. The van der Waals surface area contributed by atoms with Crippen LogP contribution >= 0.6 is 0 Å². The van der Waals surface area contributed by atoms with Gasteiger partial charge in [0.05, 0.1) is 19.8 Å². The fraction of sp³-hybridized carbons (Fsp3) is 0.444. The van der Waals surface area contributed by atoms with Crippen LogP contribution in [0.15, 0.2) is 48.5 Å². The molecule has 1 fully saturated rings. The van der Waals surface area contributed by atoms with Crippen LogP contribution < -0.4 is 14.8 Å². The molecule has 0 spiro atoms. The molecule has 1 saturated heterocycles. The fourth-order valence-corrected chi connectivity index (χ4v) is 4.51. The maximum absolute atomic E-state index is 13.4.